The van der Waals surface area contributed by atoms with E-state index in [-0.39, 0.29) is 0 Å². The summed E-state index contributed by atoms with van der Waals surface area (Å²) in [5.74, 6) is -17.2. The van der Waals surface area contributed by atoms with Crippen molar-refractivity contribution in [1.82, 2.24) is 0 Å². The predicted octanol–water partition coefficient (Wildman–Crippen LogP) is 3.96. The Morgan fingerprint density at radius 2 is 0.962 bits per heavy atom. The molecule has 0 atom stereocenters. The topological polar surface area (TPSA) is 58.2 Å². The van der Waals surface area contributed by atoms with E-state index in [1.165, 1.54) is 0 Å². The van der Waals surface area contributed by atoms with Crippen molar-refractivity contribution < 1.29 is 53.5 Å². The van der Waals surface area contributed by atoms with Gasteiger partial charge in [-0.3, -0.25) is 9.59 Å². The molecular formula is C12H6F10N2O2. The minimum absolute atomic E-state index is 0.398. The number of halogens is 10. The van der Waals surface area contributed by atoms with Crippen LogP contribution in [0.1, 0.15) is 0 Å². The zero-order chi connectivity index (χ0) is 20.6. The van der Waals surface area contributed by atoms with Crippen LogP contribution in [0, 0.1) is 0 Å². The molecule has 1 rings (SSSR count). The fourth-order valence-corrected chi connectivity index (χ4v) is 1.35. The van der Waals surface area contributed by atoms with Crippen LogP contribution >= 0.6 is 0 Å². The summed E-state index contributed by atoms with van der Waals surface area (Å²) < 4.78 is 123. The Morgan fingerprint density at radius 3 is 1.23 bits per heavy atom. The van der Waals surface area contributed by atoms with E-state index in [1.54, 1.807) is 0 Å². The molecule has 0 fully saturated rings. The van der Waals surface area contributed by atoms with Crippen molar-refractivity contribution >= 4 is 23.2 Å². The third-order valence-corrected chi connectivity index (χ3v) is 2.66. The lowest BCUT2D eigenvalue weighted by Gasteiger charge is -2.20. The van der Waals surface area contributed by atoms with E-state index in [4.69, 9.17) is 0 Å². The highest BCUT2D eigenvalue weighted by Crippen LogP contribution is 2.37. The molecule has 4 nitrogen and oxygen atoms in total. The van der Waals surface area contributed by atoms with E-state index in [2.05, 4.69) is 0 Å². The molecule has 0 heterocycles. The largest absolute Gasteiger partial charge is 0.463 e. The average Bonchev–Trinajstić information content (AvgIpc) is 2.44. The van der Waals surface area contributed by atoms with Crippen LogP contribution < -0.4 is 10.6 Å². The molecular weight excluding hydrogens is 394 g/mol. The van der Waals surface area contributed by atoms with Gasteiger partial charge in [0, 0.05) is 11.4 Å². The molecule has 146 valence electrons. The molecule has 0 radical (unpaired) electrons. The molecule has 0 unspecified atom stereocenters. The van der Waals surface area contributed by atoms with Gasteiger partial charge >= 0.3 is 36.0 Å². The van der Waals surface area contributed by atoms with E-state index in [0.29, 0.717) is 6.07 Å². The van der Waals surface area contributed by atoms with Crippen molar-refractivity contribution in [3.05, 3.63) is 24.3 Å². The molecule has 0 aromatic heterocycles. The van der Waals surface area contributed by atoms with E-state index in [1.807, 2.05) is 0 Å². The summed E-state index contributed by atoms with van der Waals surface area (Å²) in [6.45, 7) is 0. The molecule has 0 spiro atoms. The second kappa shape index (κ2) is 6.64. The summed E-state index contributed by atoms with van der Waals surface area (Å²) in [6.07, 6.45) is -12.4. The van der Waals surface area contributed by atoms with Crippen LogP contribution in [0.5, 0.6) is 0 Å². The second-order valence-electron chi connectivity index (χ2n) is 4.63. The van der Waals surface area contributed by atoms with Crippen molar-refractivity contribution in [3.63, 3.8) is 0 Å². The molecule has 0 saturated heterocycles. The predicted molar refractivity (Wildman–Crippen MR) is 65.7 cm³/mol. The van der Waals surface area contributed by atoms with Crippen molar-refractivity contribution in [2.75, 3.05) is 10.6 Å². The second-order valence-corrected chi connectivity index (χ2v) is 4.63. The van der Waals surface area contributed by atoms with E-state index < -0.39 is 47.4 Å². The monoisotopic (exact) mass is 400 g/mol. The lowest BCUT2D eigenvalue weighted by atomic mass is 10.2. The van der Waals surface area contributed by atoms with Crippen LogP contribution in [-0.2, 0) is 9.59 Å². The number of hydrogen-bond acceptors (Lipinski definition) is 2. The van der Waals surface area contributed by atoms with Gasteiger partial charge in [0.05, 0.1) is 0 Å². The summed E-state index contributed by atoms with van der Waals surface area (Å²) in [5.41, 5.74) is -1.65. The number of carbonyl (C=O) groups excluding carboxylic acids is 2. The van der Waals surface area contributed by atoms with Gasteiger partial charge in [-0.25, -0.2) is 0 Å². The quantitative estimate of drug-likeness (QED) is 0.752. The zero-order valence-corrected chi connectivity index (χ0v) is 11.9. The molecule has 2 amide bonds. The van der Waals surface area contributed by atoms with Crippen LogP contribution in [0.15, 0.2) is 24.3 Å². The molecule has 0 bridgehead atoms. The summed E-state index contributed by atoms with van der Waals surface area (Å²) in [7, 11) is 0. The number of rotatable bonds is 4. The van der Waals surface area contributed by atoms with Crippen LogP contribution in [0.4, 0.5) is 55.3 Å². The minimum atomic E-state index is -6.22. The Morgan fingerprint density at radius 1 is 0.654 bits per heavy atom. The maximum atomic E-state index is 12.8. The van der Waals surface area contributed by atoms with Gasteiger partial charge in [-0.15, -0.1) is 0 Å². The first-order chi connectivity index (χ1) is 11.5. The maximum absolute atomic E-state index is 12.8. The first kappa shape index (κ1) is 21.5. The van der Waals surface area contributed by atoms with Gasteiger partial charge in [0.2, 0.25) is 0 Å². The maximum Gasteiger partial charge on any atom is 0.463 e. The Bertz CT molecular complexity index is 641. The Kier molecular flexibility index (Phi) is 5.49. The third kappa shape index (κ3) is 4.35. The van der Waals surface area contributed by atoms with Gasteiger partial charge in [0.25, 0.3) is 0 Å². The number of alkyl halides is 10. The number of hydrogen-bond donors (Lipinski definition) is 2. The normalized spacial score (nSPS) is 13.3. The molecule has 26 heavy (non-hydrogen) atoms. The molecule has 14 heteroatoms. The van der Waals surface area contributed by atoms with Gasteiger partial charge in [-0.1, -0.05) is 6.07 Å². The number of anilines is 2. The molecule has 1 aromatic carbocycles. The lowest BCUT2D eigenvalue weighted by molar-refractivity contribution is -0.267. The van der Waals surface area contributed by atoms with Gasteiger partial charge < -0.3 is 10.6 Å². The number of carbonyl (C=O) groups is 2. The van der Waals surface area contributed by atoms with Gasteiger partial charge in [0.1, 0.15) is 0 Å². The Balaban J connectivity index is 2.97. The zero-order valence-electron chi connectivity index (χ0n) is 11.9. The van der Waals surface area contributed by atoms with Crippen LogP contribution in [0.25, 0.3) is 0 Å². The van der Waals surface area contributed by atoms with Crippen LogP contribution in [-0.4, -0.2) is 36.0 Å². The fraction of sp³-hybridized carbons (Fsp3) is 0.333. The highest BCUT2D eigenvalue weighted by Gasteiger charge is 2.64. The number of nitrogens with one attached hydrogen (secondary N) is 2. The Labute approximate surface area is 137 Å². The first-order valence-corrected chi connectivity index (χ1v) is 6.12. The molecule has 1 aromatic rings. The third-order valence-electron chi connectivity index (χ3n) is 2.66. The van der Waals surface area contributed by atoms with Crippen molar-refractivity contribution in [1.29, 1.82) is 0 Å². The van der Waals surface area contributed by atoms with Gasteiger partial charge in [0.15, 0.2) is 0 Å². The smallest absolute Gasteiger partial charge is 0.320 e. The number of benzene rings is 1. The van der Waals surface area contributed by atoms with Crippen LogP contribution in [0.2, 0.25) is 0 Å². The highest BCUT2D eigenvalue weighted by atomic mass is 19.4. The highest BCUT2D eigenvalue weighted by molar-refractivity contribution is 5.99. The summed E-state index contributed by atoms with van der Waals surface area (Å²) in [5, 5.41) is 2.20. The summed E-state index contributed by atoms with van der Waals surface area (Å²) in [6, 6.07) is 2.63. The van der Waals surface area contributed by atoms with E-state index in [0.717, 1.165) is 28.8 Å². The average molecular weight is 400 g/mol. The standard InChI is InChI=1S/C12H6F10N2O2/c13-9(14,11(17,18)19)7(25)23-5-2-1-3-6(4-5)24-8(26)10(15,16)12(20,21)22/h1-4H,(H,23,25)(H,24,26). The molecule has 0 saturated carbocycles. The summed E-state index contributed by atoms with van der Waals surface area (Å²) >= 11 is 0. The molecule has 0 aliphatic carbocycles. The summed E-state index contributed by atoms with van der Waals surface area (Å²) in [4.78, 5) is 21.9. The Hall–Kier alpha value is -2.54. The molecule has 0 aliphatic heterocycles. The SMILES string of the molecule is O=C(Nc1cccc(NC(=O)C(F)(F)C(F)(F)F)c1)C(F)(F)C(F)(F)F. The van der Waals surface area contributed by atoms with Crippen molar-refractivity contribution in [3.8, 4) is 0 Å². The van der Waals surface area contributed by atoms with Crippen LogP contribution in [0.3, 0.4) is 0 Å². The first-order valence-electron chi connectivity index (χ1n) is 6.12. The number of amides is 2. The van der Waals surface area contributed by atoms with Crippen molar-refractivity contribution in [2.45, 2.75) is 24.2 Å². The molecule has 0 aliphatic rings. The lowest BCUT2D eigenvalue weighted by Crippen LogP contribution is -2.47. The molecule has 2 N–H and O–H groups in total. The van der Waals surface area contributed by atoms with Gasteiger partial charge in [-0.2, -0.15) is 43.9 Å². The van der Waals surface area contributed by atoms with E-state index in [9.17, 15) is 53.5 Å². The van der Waals surface area contributed by atoms with E-state index >= 15 is 0 Å². The fourth-order valence-electron chi connectivity index (χ4n) is 1.35. The van der Waals surface area contributed by atoms with Gasteiger partial charge in [-0.05, 0) is 18.2 Å². The van der Waals surface area contributed by atoms with Crippen molar-refractivity contribution in [2.24, 2.45) is 0 Å². The minimum Gasteiger partial charge on any atom is -0.320 e.